The first-order valence-corrected chi connectivity index (χ1v) is 9.70. The number of nitrogens with one attached hydrogen (secondary N) is 1. The summed E-state index contributed by atoms with van der Waals surface area (Å²) in [4.78, 5) is 49.4. The third kappa shape index (κ3) is 2.80. The number of rotatable bonds is 6. The normalized spacial score (nSPS) is 29.6. The largest absolute Gasteiger partial charge is 0.549 e. The van der Waals surface area contributed by atoms with E-state index >= 15 is 0 Å². The lowest BCUT2D eigenvalue weighted by atomic mass is 9.92. The van der Waals surface area contributed by atoms with Crippen molar-refractivity contribution < 1.29 is 34.1 Å². The Hall–Kier alpha value is -2.11. The van der Waals surface area contributed by atoms with Gasteiger partial charge in [0, 0.05) is 11.9 Å². The highest BCUT2D eigenvalue weighted by Gasteiger charge is 2.72. The van der Waals surface area contributed by atoms with Gasteiger partial charge in [-0.15, -0.1) is 11.8 Å². The van der Waals surface area contributed by atoms with Crippen molar-refractivity contribution >= 4 is 46.9 Å². The van der Waals surface area contributed by atoms with Gasteiger partial charge in [-0.1, -0.05) is 0 Å². The number of β-lactam (4-membered cyclic amide) rings is 1. The molecule has 4 atom stereocenters. The number of nitrogens with zero attached hydrogens (tertiary/aromatic N) is 1. The Morgan fingerprint density at radius 1 is 1.33 bits per heavy atom. The number of carbonyl (C=O) groups excluding carboxylic acids is 4. The number of aliphatic carboxylic acids is 2. The third-order valence-corrected chi connectivity index (χ3v) is 7.05. The van der Waals surface area contributed by atoms with Gasteiger partial charge in [-0.3, -0.25) is 9.59 Å². The number of hydrogen-bond donors (Lipinski definition) is 1. The van der Waals surface area contributed by atoms with Gasteiger partial charge < -0.3 is 34.8 Å². The van der Waals surface area contributed by atoms with Crippen molar-refractivity contribution in [1.29, 1.82) is 0 Å². The van der Waals surface area contributed by atoms with E-state index < -0.39 is 51.6 Å². The van der Waals surface area contributed by atoms with Crippen molar-refractivity contribution in [1.82, 2.24) is 10.2 Å². The maximum atomic E-state index is 12.7. The van der Waals surface area contributed by atoms with E-state index in [0.717, 1.165) is 16.7 Å². The van der Waals surface area contributed by atoms with Crippen LogP contribution >= 0.6 is 23.1 Å². The van der Waals surface area contributed by atoms with E-state index in [2.05, 4.69) is 5.32 Å². The summed E-state index contributed by atoms with van der Waals surface area (Å²) in [5.41, 5.74) is -1.63. The number of methoxy groups -OCH3 is 1. The molecule has 0 saturated carbocycles. The minimum absolute atomic E-state index is 0.222. The molecule has 3 heterocycles. The van der Waals surface area contributed by atoms with Gasteiger partial charge in [0.05, 0.1) is 18.0 Å². The first-order chi connectivity index (χ1) is 12.6. The van der Waals surface area contributed by atoms with Crippen LogP contribution in [-0.2, 0) is 23.9 Å². The van der Waals surface area contributed by atoms with E-state index in [1.165, 1.54) is 29.9 Å². The Labute approximate surface area is 162 Å². The fourth-order valence-electron chi connectivity index (χ4n) is 3.45. The zero-order chi connectivity index (χ0) is 20.1. The number of carboxylic acid groups (broad SMARTS) is 2. The maximum absolute atomic E-state index is 12.7. The Bertz CT molecular complexity index is 810. The number of carboxylic acids is 2. The zero-order valence-electron chi connectivity index (χ0n) is 14.6. The van der Waals surface area contributed by atoms with E-state index in [0.29, 0.717) is 0 Å². The molecule has 1 aromatic heterocycles. The van der Waals surface area contributed by atoms with Crippen molar-refractivity contribution in [2.24, 2.45) is 0 Å². The summed E-state index contributed by atoms with van der Waals surface area (Å²) in [6.45, 7) is 3.28. The van der Waals surface area contributed by atoms with Crippen LogP contribution in [0.2, 0.25) is 0 Å². The van der Waals surface area contributed by atoms with Crippen molar-refractivity contribution in [2.75, 3.05) is 7.11 Å². The molecule has 2 aliphatic heterocycles. The van der Waals surface area contributed by atoms with Crippen molar-refractivity contribution in [3.63, 3.8) is 0 Å². The lowest BCUT2D eigenvalue weighted by molar-refractivity contribution is -0.314. The van der Waals surface area contributed by atoms with E-state index in [-0.39, 0.29) is 5.56 Å². The number of thiophene rings is 1. The fraction of sp³-hybridized carbons (Fsp3) is 0.500. The van der Waals surface area contributed by atoms with E-state index in [4.69, 9.17) is 4.74 Å². The number of carbonyl (C=O) groups is 4. The number of fused-ring (bicyclic) bond motifs is 1. The van der Waals surface area contributed by atoms with Gasteiger partial charge in [0.2, 0.25) is 5.91 Å². The predicted molar refractivity (Wildman–Crippen MR) is 91.0 cm³/mol. The molecule has 11 heteroatoms. The molecule has 0 aromatic carbocycles. The van der Waals surface area contributed by atoms with Crippen LogP contribution in [0.4, 0.5) is 0 Å². The first kappa shape index (κ1) is 19.6. The SMILES string of the molecule is CO[C@]1(NC(=O)[C@H](C(=O)[O-])c2ccsc2)C(=O)N2[C@@H](C(=O)[O-])C(C)(C)S[C@@H]21. The Balaban J connectivity index is 1.89. The molecule has 1 aromatic rings. The van der Waals surface area contributed by atoms with Crippen LogP contribution in [0.5, 0.6) is 0 Å². The molecule has 2 fully saturated rings. The lowest BCUT2D eigenvalue weighted by Crippen LogP contribution is -2.81. The second-order valence-corrected chi connectivity index (χ2v) is 9.26. The first-order valence-electron chi connectivity index (χ1n) is 7.88. The summed E-state index contributed by atoms with van der Waals surface area (Å²) in [7, 11) is 1.19. The van der Waals surface area contributed by atoms with Gasteiger partial charge in [-0.25, -0.2) is 0 Å². The van der Waals surface area contributed by atoms with Crippen molar-refractivity contribution in [3.05, 3.63) is 22.4 Å². The number of hydrogen-bond acceptors (Lipinski definition) is 9. The monoisotopic (exact) mass is 412 g/mol. The van der Waals surface area contributed by atoms with Gasteiger partial charge in [-0.05, 0) is 36.2 Å². The number of ether oxygens (including phenoxy) is 1. The van der Waals surface area contributed by atoms with Crippen molar-refractivity contribution in [2.45, 2.75) is 41.7 Å². The molecule has 3 rings (SSSR count). The second kappa shape index (κ2) is 6.50. The molecule has 0 radical (unpaired) electrons. The van der Waals surface area contributed by atoms with E-state index in [1.54, 1.807) is 19.2 Å². The minimum Gasteiger partial charge on any atom is -0.549 e. The second-order valence-electron chi connectivity index (χ2n) is 6.75. The average molecular weight is 412 g/mol. The number of thioether (sulfide) groups is 1. The van der Waals surface area contributed by atoms with Crippen LogP contribution in [0, 0.1) is 0 Å². The van der Waals surface area contributed by atoms with Crippen LogP contribution in [0.3, 0.4) is 0 Å². The van der Waals surface area contributed by atoms with E-state index in [9.17, 15) is 29.4 Å². The van der Waals surface area contributed by atoms with Crippen LogP contribution in [0.1, 0.15) is 25.3 Å². The molecular formula is C16H16N2O7S2-2. The smallest absolute Gasteiger partial charge is 0.280 e. The highest BCUT2D eigenvalue weighted by Crippen LogP contribution is 2.54. The van der Waals surface area contributed by atoms with Crippen LogP contribution in [0.25, 0.3) is 0 Å². The van der Waals surface area contributed by atoms with Crippen LogP contribution in [-0.4, -0.2) is 57.7 Å². The lowest BCUT2D eigenvalue weighted by Gasteiger charge is -2.52. The standard InChI is InChI=1S/C16H18N2O7S2/c1-15(2)9(12(22)23)18-13(24)16(25-3,14(18)27-15)17-10(19)8(11(20)21)7-4-5-26-6-7/h4-6,8-9,14H,1-3H3,(H,17,19)(H,20,21)(H,22,23)/p-2/t8-,9+,14-,16-/m1/s1. The zero-order valence-corrected chi connectivity index (χ0v) is 16.2. The Morgan fingerprint density at radius 2 is 2.00 bits per heavy atom. The molecule has 2 aliphatic rings. The molecule has 1 N–H and O–H groups in total. The van der Waals surface area contributed by atoms with E-state index in [1.807, 2.05) is 0 Å². The summed E-state index contributed by atoms with van der Waals surface area (Å²) in [5, 5.41) is 27.6. The molecule has 0 unspecified atom stereocenters. The van der Waals surface area contributed by atoms with Crippen molar-refractivity contribution in [3.8, 4) is 0 Å². The molecule has 9 nitrogen and oxygen atoms in total. The van der Waals surface area contributed by atoms with Gasteiger partial charge in [0.25, 0.3) is 11.6 Å². The Kier molecular flexibility index (Phi) is 4.73. The molecule has 146 valence electrons. The quantitative estimate of drug-likeness (QED) is 0.317. The third-order valence-electron chi connectivity index (χ3n) is 4.73. The van der Waals surface area contributed by atoms with Gasteiger partial charge in [0.15, 0.2) is 0 Å². The molecule has 0 aliphatic carbocycles. The summed E-state index contributed by atoms with van der Waals surface area (Å²) in [5.74, 6) is -6.39. The maximum Gasteiger partial charge on any atom is 0.280 e. The fourth-order valence-corrected chi connectivity index (χ4v) is 5.81. The molecule has 0 bridgehead atoms. The topological polar surface area (TPSA) is 139 Å². The predicted octanol–water partition coefficient (Wildman–Crippen LogP) is -2.15. The highest BCUT2D eigenvalue weighted by atomic mass is 32.2. The summed E-state index contributed by atoms with van der Waals surface area (Å²) >= 11 is 2.34. The van der Waals surface area contributed by atoms with Gasteiger partial charge in [-0.2, -0.15) is 11.3 Å². The molecule has 0 spiro atoms. The molecular weight excluding hydrogens is 396 g/mol. The summed E-state index contributed by atoms with van der Waals surface area (Å²) in [6.07, 6.45) is 0. The number of amides is 2. The molecule has 27 heavy (non-hydrogen) atoms. The Morgan fingerprint density at radius 3 is 2.48 bits per heavy atom. The van der Waals surface area contributed by atoms with Crippen LogP contribution < -0.4 is 15.5 Å². The highest BCUT2D eigenvalue weighted by molar-refractivity contribution is 8.01. The van der Waals surface area contributed by atoms with Gasteiger partial charge in [0.1, 0.15) is 11.3 Å². The minimum atomic E-state index is -1.85. The average Bonchev–Trinajstić information content (AvgIpc) is 3.16. The molecule has 2 amide bonds. The summed E-state index contributed by atoms with van der Waals surface area (Å²) < 4.78 is 4.39. The molecule has 2 saturated heterocycles. The van der Waals surface area contributed by atoms with Crippen LogP contribution in [0.15, 0.2) is 16.8 Å². The summed E-state index contributed by atoms with van der Waals surface area (Å²) in [6, 6.07) is 0.271. The van der Waals surface area contributed by atoms with Gasteiger partial charge >= 0.3 is 0 Å².